The summed E-state index contributed by atoms with van der Waals surface area (Å²) in [6.45, 7) is 15.9. The normalized spacial score (nSPS) is 21.4. The number of rotatable bonds is 5. The Morgan fingerprint density at radius 3 is 2.41 bits per heavy atom. The van der Waals surface area contributed by atoms with Crippen molar-refractivity contribution < 1.29 is 4.79 Å². The number of nitrogens with zero attached hydrogens (tertiary/aromatic N) is 2. The molecule has 2 heterocycles. The van der Waals surface area contributed by atoms with Crippen LogP contribution in [0.25, 0.3) is 0 Å². The molecule has 1 aromatic rings. The maximum Gasteiger partial charge on any atom is 0.236 e. The van der Waals surface area contributed by atoms with E-state index < -0.39 is 5.41 Å². The van der Waals surface area contributed by atoms with Gasteiger partial charge in [0.25, 0.3) is 0 Å². The molecule has 0 unspecified atom stereocenters. The van der Waals surface area contributed by atoms with E-state index in [1.54, 1.807) is 4.90 Å². The van der Waals surface area contributed by atoms with Crippen molar-refractivity contribution in [3.63, 3.8) is 0 Å². The number of allylic oxidation sites excluding steroid dienone is 2. The van der Waals surface area contributed by atoms with Crippen LogP contribution < -0.4 is 10.2 Å². The predicted molar refractivity (Wildman–Crippen MR) is 124 cm³/mol. The van der Waals surface area contributed by atoms with Crippen LogP contribution in [-0.4, -0.2) is 43.5 Å². The third-order valence-electron chi connectivity index (χ3n) is 6.63. The number of carbonyl (C=O) groups excluding carboxylic acids is 1. The molecule has 0 radical (unpaired) electrons. The summed E-state index contributed by atoms with van der Waals surface area (Å²) in [5, 5.41) is 4.34. The molecular weight excluding hydrogens is 382 g/mol. The first-order valence-electron chi connectivity index (χ1n) is 10.1. The van der Waals surface area contributed by atoms with Crippen molar-refractivity contribution in [3.8, 4) is 0 Å². The van der Waals surface area contributed by atoms with Crippen LogP contribution in [0.5, 0.6) is 0 Å². The Morgan fingerprint density at radius 2 is 1.86 bits per heavy atom. The summed E-state index contributed by atoms with van der Waals surface area (Å²) < 4.78 is 0. The average Bonchev–Trinajstić information content (AvgIpc) is 2.84. The zero-order valence-electron chi connectivity index (χ0n) is 18.2. The van der Waals surface area contributed by atoms with E-state index in [1.807, 2.05) is 33.9 Å². The minimum atomic E-state index is -0.493. The summed E-state index contributed by atoms with van der Waals surface area (Å²) in [5.41, 5.74) is 4.32. The van der Waals surface area contributed by atoms with Crippen LogP contribution in [0.3, 0.4) is 0 Å². The first-order chi connectivity index (χ1) is 13.5. The molecule has 3 rings (SSSR count). The SMILES string of the molecule is C=C/C(=C(/C)C(=C)Cl)C1(Nc2ccc3c(c2)N(C)C(=O)C3(C)C)CCN(C)CC1. The Morgan fingerprint density at radius 1 is 1.24 bits per heavy atom. The zero-order valence-corrected chi connectivity index (χ0v) is 19.0. The lowest BCUT2D eigenvalue weighted by molar-refractivity contribution is -0.121. The lowest BCUT2D eigenvalue weighted by Gasteiger charge is -2.44. The summed E-state index contributed by atoms with van der Waals surface area (Å²) in [6, 6.07) is 6.25. The van der Waals surface area contributed by atoms with E-state index in [9.17, 15) is 4.79 Å². The molecule has 1 amide bonds. The standard InChI is InChI=1S/C24H32ClN3O/c1-8-19(16(2)17(3)25)24(11-13-27(6)14-12-24)26-18-9-10-20-21(15-18)28(7)22(29)23(20,4)5/h8-10,15,26H,1,3,11-14H2,2,4-7H3/b19-16+. The van der Waals surface area contributed by atoms with Gasteiger partial charge in [-0.1, -0.05) is 36.9 Å². The van der Waals surface area contributed by atoms with E-state index in [0.717, 1.165) is 54.0 Å². The number of likely N-dealkylation sites (N-methyl/N-ethyl adjacent to an activating group) is 1. The van der Waals surface area contributed by atoms with E-state index in [4.69, 9.17) is 11.6 Å². The fraction of sp³-hybridized carbons (Fsp3) is 0.458. The van der Waals surface area contributed by atoms with Crippen molar-refractivity contribution >= 4 is 28.9 Å². The number of hydrogen-bond acceptors (Lipinski definition) is 3. The zero-order chi connectivity index (χ0) is 21.6. The molecule has 0 atom stereocenters. The second kappa shape index (κ2) is 7.66. The number of anilines is 2. The predicted octanol–water partition coefficient (Wildman–Crippen LogP) is 5.07. The minimum Gasteiger partial charge on any atom is -0.375 e. The molecule has 2 aliphatic heterocycles. The number of halogens is 1. The van der Waals surface area contributed by atoms with E-state index in [0.29, 0.717) is 5.03 Å². The summed E-state index contributed by atoms with van der Waals surface area (Å²) in [7, 11) is 3.99. The molecule has 0 bridgehead atoms. The molecule has 0 saturated carbocycles. The molecule has 1 aromatic carbocycles. The summed E-state index contributed by atoms with van der Waals surface area (Å²) in [6.07, 6.45) is 3.78. The minimum absolute atomic E-state index is 0.125. The topological polar surface area (TPSA) is 35.6 Å². The first-order valence-corrected chi connectivity index (χ1v) is 10.5. The third-order valence-corrected chi connectivity index (χ3v) is 6.91. The maximum absolute atomic E-state index is 12.7. The van der Waals surface area contributed by atoms with Crippen molar-refractivity contribution in [2.24, 2.45) is 0 Å². The fourth-order valence-corrected chi connectivity index (χ4v) is 4.75. The molecule has 4 nitrogen and oxygen atoms in total. The number of amides is 1. The van der Waals surface area contributed by atoms with Crippen LogP contribution in [0.1, 0.15) is 39.2 Å². The Balaban J connectivity index is 2.05. The van der Waals surface area contributed by atoms with Gasteiger partial charge in [0, 0.05) is 36.5 Å². The van der Waals surface area contributed by atoms with Gasteiger partial charge >= 0.3 is 0 Å². The molecule has 5 heteroatoms. The molecule has 156 valence electrons. The van der Waals surface area contributed by atoms with Gasteiger partial charge in [0.1, 0.15) is 0 Å². The number of fused-ring (bicyclic) bond motifs is 1. The highest BCUT2D eigenvalue weighted by Crippen LogP contribution is 2.43. The van der Waals surface area contributed by atoms with Crippen LogP contribution in [0.4, 0.5) is 11.4 Å². The van der Waals surface area contributed by atoms with Gasteiger partial charge in [-0.25, -0.2) is 0 Å². The molecule has 2 aliphatic rings. The molecule has 1 N–H and O–H groups in total. The number of piperidine rings is 1. The van der Waals surface area contributed by atoms with E-state index >= 15 is 0 Å². The van der Waals surface area contributed by atoms with Crippen molar-refractivity contribution in [1.29, 1.82) is 0 Å². The van der Waals surface area contributed by atoms with Gasteiger partial charge in [-0.3, -0.25) is 4.79 Å². The number of benzene rings is 1. The van der Waals surface area contributed by atoms with E-state index in [-0.39, 0.29) is 11.4 Å². The summed E-state index contributed by atoms with van der Waals surface area (Å²) in [4.78, 5) is 16.8. The highest BCUT2D eigenvalue weighted by molar-refractivity contribution is 6.31. The highest BCUT2D eigenvalue weighted by Gasteiger charge is 2.43. The Bertz CT molecular complexity index is 891. The number of hydrogen-bond donors (Lipinski definition) is 1. The van der Waals surface area contributed by atoms with Crippen LogP contribution in [0, 0.1) is 0 Å². The van der Waals surface area contributed by atoms with Gasteiger partial charge in [-0.2, -0.15) is 0 Å². The lowest BCUT2D eigenvalue weighted by atomic mass is 9.78. The van der Waals surface area contributed by atoms with Gasteiger partial charge in [-0.05, 0) is 69.5 Å². The lowest BCUT2D eigenvalue weighted by Crippen LogP contribution is -2.49. The van der Waals surface area contributed by atoms with Gasteiger partial charge in [0.15, 0.2) is 0 Å². The average molecular weight is 414 g/mol. The van der Waals surface area contributed by atoms with Gasteiger partial charge in [0.2, 0.25) is 5.91 Å². The van der Waals surface area contributed by atoms with Gasteiger partial charge in [-0.15, -0.1) is 0 Å². The van der Waals surface area contributed by atoms with Crippen LogP contribution in [-0.2, 0) is 10.2 Å². The fourth-order valence-electron chi connectivity index (χ4n) is 4.65. The van der Waals surface area contributed by atoms with Crippen molar-refractivity contribution in [3.05, 3.63) is 59.2 Å². The van der Waals surface area contributed by atoms with Crippen molar-refractivity contribution in [1.82, 2.24) is 4.90 Å². The molecule has 0 aliphatic carbocycles. The Labute approximate surface area is 179 Å². The van der Waals surface area contributed by atoms with Crippen LogP contribution >= 0.6 is 11.6 Å². The molecule has 1 fully saturated rings. The summed E-state index contributed by atoms with van der Waals surface area (Å²) in [5.74, 6) is 0.125. The third kappa shape index (κ3) is 3.64. The van der Waals surface area contributed by atoms with Crippen molar-refractivity contribution in [2.75, 3.05) is 37.4 Å². The van der Waals surface area contributed by atoms with E-state index in [2.05, 4.69) is 48.6 Å². The largest absolute Gasteiger partial charge is 0.375 e. The highest BCUT2D eigenvalue weighted by atomic mass is 35.5. The molecule has 0 aromatic heterocycles. The Kier molecular flexibility index (Phi) is 5.72. The second-order valence-electron chi connectivity index (χ2n) is 8.88. The monoisotopic (exact) mass is 413 g/mol. The maximum atomic E-state index is 12.7. The van der Waals surface area contributed by atoms with Crippen LogP contribution in [0.2, 0.25) is 0 Å². The second-order valence-corrected chi connectivity index (χ2v) is 9.34. The van der Waals surface area contributed by atoms with Crippen LogP contribution in [0.15, 0.2) is 53.6 Å². The number of likely N-dealkylation sites (tertiary alicyclic amines) is 1. The molecule has 29 heavy (non-hydrogen) atoms. The summed E-state index contributed by atoms with van der Waals surface area (Å²) >= 11 is 6.28. The molecular formula is C24H32ClN3O. The molecule has 0 spiro atoms. The first kappa shape index (κ1) is 21.7. The smallest absolute Gasteiger partial charge is 0.236 e. The van der Waals surface area contributed by atoms with Gasteiger partial charge < -0.3 is 15.1 Å². The van der Waals surface area contributed by atoms with E-state index in [1.165, 1.54) is 0 Å². The quantitative estimate of drug-likeness (QED) is 0.684. The van der Waals surface area contributed by atoms with Gasteiger partial charge in [0.05, 0.1) is 11.0 Å². The molecule has 1 saturated heterocycles. The number of nitrogens with one attached hydrogen (secondary N) is 1. The Hall–Kier alpha value is -2.04. The number of carbonyl (C=O) groups is 1. The van der Waals surface area contributed by atoms with Crippen molar-refractivity contribution in [2.45, 2.75) is 44.6 Å².